The quantitative estimate of drug-likeness (QED) is 0.255. The predicted octanol–water partition coefficient (Wildman–Crippen LogP) is 10.5. The standard InChI is InChI=1S/C33H62/c1-11-13-14-15-28(21(3)4)22(5)18-26-19-23(6)30-24(7)31-25(20-29(26)32(30)31)16-17-27(12-2)33(8,9)10/h21-32H,11-20H2,1-10H3. The molecule has 0 nitrogen and oxygen atoms in total. The Morgan fingerprint density at radius 2 is 1.52 bits per heavy atom. The third kappa shape index (κ3) is 5.88. The molecule has 3 fully saturated rings. The van der Waals surface area contributed by atoms with Crippen LogP contribution in [-0.4, -0.2) is 0 Å². The maximum absolute atomic E-state index is 2.64. The summed E-state index contributed by atoms with van der Waals surface area (Å²) < 4.78 is 0. The Labute approximate surface area is 209 Å². The van der Waals surface area contributed by atoms with Gasteiger partial charge in [0.25, 0.3) is 0 Å². The predicted molar refractivity (Wildman–Crippen MR) is 147 cm³/mol. The number of hydrogen-bond acceptors (Lipinski definition) is 0. The molecule has 0 radical (unpaired) electrons. The molecule has 0 amide bonds. The molecule has 11 unspecified atom stereocenters. The van der Waals surface area contributed by atoms with Gasteiger partial charge in [-0.2, -0.15) is 0 Å². The third-order valence-corrected chi connectivity index (χ3v) is 11.7. The van der Waals surface area contributed by atoms with Gasteiger partial charge < -0.3 is 0 Å². The SMILES string of the molecule is CCCCCC(C(C)C)C(C)CC1CC(C)C2C(C)C3C(CCC(CC)C(C)(C)C)CC1C23. The lowest BCUT2D eigenvalue weighted by Crippen LogP contribution is -2.54. The van der Waals surface area contributed by atoms with E-state index in [0.717, 1.165) is 71.0 Å². The summed E-state index contributed by atoms with van der Waals surface area (Å²) in [5, 5.41) is 0. The summed E-state index contributed by atoms with van der Waals surface area (Å²) in [5.74, 6) is 11.9. The molecule has 0 aromatic rings. The van der Waals surface area contributed by atoms with Gasteiger partial charge in [-0.25, -0.2) is 0 Å². The van der Waals surface area contributed by atoms with E-state index in [9.17, 15) is 0 Å². The first-order valence-electron chi connectivity index (χ1n) is 15.5. The second-order valence-electron chi connectivity index (χ2n) is 14.9. The molecule has 0 bridgehead atoms. The number of unbranched alkanes of at least 4 members (excludes halogenated alkanes) is 2. The highest BCUT2D eigenvalue weighted by atomic mass is 14.7. The zero-order chi connectivity index (χ0) is 24.5. The van der Waals surface area contributed by atoms with Gasteiger partial charge in [0.05, 0.1) is 0 Å². The van der Waals surface area contributed by atoms with Crippen molar-refractivity contribution in [2.45, 2.75) is 133 Å². The molecular weight excluding hydrogens is 396 g/mol. The van der Waals surface area contributed by atoms with E-state index in [4.69, 9.17) is 0 Å². The number of hydrogen-bond donors (Lipinski definition) is 0. The fraction of sp³-hybridized carbons (Fsp3) is 1.00. The van der Waals surface area contributed by atoms with Crippen molar-refractivity contribution in [2.75, 3.05) is 0 Å². The van der Waals surface area contributed by atoms with Gasteiger partial charge in [-0.3, -0.25) is 0 Å². The minimum absolute atomic E-state index is 0.476. The molecule has 33 heavy (non-hydrogen) atoms. The van der Waals surface area contributed by atoms with Gasteiger partial charge in [-0.05, 0) is 115 Å². The van der Waals surface area contributed by atoms with Crippen molar-refractivity contribution in [1.82, 2.24) is 0 Å². The van der Waals surface area contributed by atoms with E-state index in [1.165, 1.54) is 51.4 Å². The van der Waals surface area contributed by atoms with Gasteiger partial charge in [0, 0.05) is 0 Å². The van der Waals surface area contributed by atoms with Crippen LogP contribution in [0, 0.1) is 76.4 Å². The van der Waals surface area contributed by atoms with Gasteiger partial charge in [-0.1, -0.05) is 94.9 Å². The van der Waals surface area contributed by atoms with Crippen LogP contribution in [0.15, 0.2) is 0 Å². The van der Waals surface area contributed by atoms with Crippen LogP contribution < -0.4 is 0 Å². The summed E-state index contributed by atoms with van der Waals surface area (Å²) in [7, 11) is 0. The first-order valence-corrected chi connectivity index (χ1v) is 15.5. The molecule has 11 atom stereocenters. The smallest absolute Gasteiger partial charge is 0.0316 e. The Bertz CT molecular complexity index is 581. The van der Waals surface area contributed by atoms with Crippen LogP contribution in [0.3, 0.4) is 0 Å². The highest BCUT2D eigenvalue weighted by molar-refractivity contribution is 5.11. The maximum atomic E-state index is 2.64. The Kier molecular flexibility index (Phi) is 9.51. The van der Waals surface area contributed by atoms with Crippen LogP contribution in [0.1, 0.15) is 133 Å². The van der Waals surface area contributed by atoms with Gasteiger partial charge in [0.1, 0.15) is 0 Å². The van der Waals surface area contributed by atoms with Crippen molar-refractivity contribution < 1.29 is 0 Å². The maximum Gasteiger partial charge on any atom is -0.0316 e. The zero-order valence-electron chi connectivity index (χ0n) is 24.5. The molecule has 0 N–H and O–H groups in total. The van der Waals surface area contributed by atoms with E-state index in [-0.39, 0.29) is 0 Å². The minimum atomic E-state index is 0.476. The summed E-state index contributed by atoms with van der Waals surface area (Å²) in [6.07, 6.45) is 14.7. The first-order chi connectivity index (χ1) is 15.5. The van der Waals surface area contributed by atoms with Crippen molar-refractivity contribution in [3.8, 4) is 0 Å². The lowest BCUT2D eigenvalue weighted by Gasteiger charge is -2.59. The van der Waals surface area contributed by atoms with E-state index in [1.807, 2.05) is 0 Å². The summed E-state index contributed by atoms with van der Waals surface area (Å²) in [6.45, 7) is 25.1. The molecule has 0 spiro atoms. The average Bonchev–Trinajstić information content (AvgIpc) is 3.06. The largest absolute Gasteiger partial charge is 0.0654 e. The molecule has 3 aliphatic rings. The molecular formula is C33H62. The summed E-state index contributed by atoms with van der Waals surface area (Å²) in [5.41, 5.74) is 0.476. The van der Waals surface area contributed by atoms with Crippen molar-refractivity contribution in [1.29, 1.82) is 0 Å². The van der Waals surface area contributed by atoms with E-state index in [0.29, 0.717) is 5.41 Å². The van der Waals surface area contributed by atoms with Crippen molar-refractivity contribution in [2.24, 2.45) is 76.4 Å². The minimum Gasteiger partial charge on any atom is -0.0654 e. The summed E-state index contributed by atoms with van der Waals surface area (Å²) in [4.78, 5) is 0. The molecule has 0 aromatic heterocycles. The van der Waals surface area contributed by atoms with Crippen LogP contribution in [0.25, 0.3) is 0 Å². The molecule has 0 aliphatic heterocycles. The molecule has 3 aliphatic carbocycles. The van der Waals surface area contributed by atoms with Crippen LogP contribution >= 0.6 is 0 Å². The van der Waals surface area contributed by atoms with Gasteiger partial charge in [0.2, 0.25) is 0 Å². The molecule has 3 saturated carbocycles. The summed E-state index contributed by atoms with van der Waals surface area (Å²) >= 11 is 0. The fourth-order valence-corrected chi connectivity index (χ4v) is 10.1. The van der Waals surface area contributed by atoms with E-state index in [2.05, 4.69) is 69.2 Å². The highest BCUT2D eigenvalue weighted by Crippen LogP contribution is 2.69. The monoisotopic (exact) mass is 458 g/mol. The molecule has 0 saturated heterocycles. The third-order valence-electron chi connectivity index (χ3n) is 11.7. The Balaban J connectivity index is 1.66. The molecule has 3 rings (SSSR count). The second kappa shape index (κ2) is 11.4. The Morgan fingerprint density at radius 1 is 0.818 bits per heavy atom. The lowest BCUT2D eigenvalue weighted by molar-refractivity contribution is -0.110. The van der Waals surface area contributed by atoms with Crippen molar-refractivity contribution in [3.63, 3.8) is 0 Å². The van der Waals surface area contributed by atoms with Crippen LogP contribution in [0.5, 0.6) is 0 Å². The van der Waals surface area contributed by atoms with Crippen LogP contribution in [0.2, 0.25) is 0 Å². The summed E-state index contributed by atoms with van der Waals surface area (Å²) in [6, 6.07) is 0. The number of rotatable bonds is 12. The molecule has 194 valence electrons. The van der Waals surface area contributed by atoms with Crippen LogP contribution in [-0.2, 0) is 0 Å². The van der Waals surface area contributed by atoms with Crippen molar-refractivity contribution >= 4 is 0 Å². The van der Waals surface area contributed by atoms with Gasteiger partial charge in [-0.15, -0.1) is 0 Å². The average molecular weight is 459 g/mol. The first kappa shape index (κ1) is 27.6. The molecule has 0 heterocycles. The normalized spacial score (nSPS) is 38.6. The second-order valence-corrected chi connectivity index (χ2v) is 14.9. The highest BCUT2D eigenvalue weighted by Gasteiger charge is 2.63. The fourth-order valence-electron chi connectivity index (χ4n) is 10.1. The van der Waals surface area contributed by atoms with Gasteiger partial charge in [0.15, 0.2) is 0 Å². The zero-order valence-corrected chi connectivity index (χ0v) is 24.5. The Hall–Kier alpha value is 0. The van der Waals surface area contributed by atoms with E-state index >= 15 is 0 Å². The Morgan fingerprint density at radius 3 is 2.09 bits per heavy atom. The van der Waals surface area contributed by atoms with Gasteiger partial charge >= 0.3 is 0 Å². The molecule has 0 aromatic carbocycles. The van der Waals surface area contributed by atoms with Crippen LogP contribution in [0.4, 0.5) is 0 Å². The van der Waals surface area contributed by atoms with Crippen molar-refractivity contribution in [3.05, 3.63) is 0 Å². The van der Waals surface area contributed by atoms with E-state index in [1.54, 1.807) is 12.8 Å². The van der Waals surface area contributed by atoms with E-state index < -0.39 is 0 Å². The lowest BCUT2D eigenvalue weighted by atomic mass is 9.46. The topological polar surface area (TPSA) is 0 Å². The molecule has 0 heteroatoms.